The van der Waals surface area contributed by atoms with E-state index in [0.29, 0.717) is 6.54 Å². The van der Waals surface area contributed by atoms with Crippen LogP contribution in [0, 0.1) is 5.82 Å². The summed E-state index contributed by atoms with van der Waals surface area (Å²) in [5, 5.41) is 11.8. The Balaban J connectivity index is 2.10. The van der Waals surface area contributed by atoms with Gasteiger partial charge in [0.1, 0.15) is 5.82 Å². The molecule has 2 N–H and O–H groups in total. The Bertz CT molecular complexity index is 416. The lowest BCUT2D eigenvalue weighted by atomic mass is 10.1. The maximum atomic E-state index is 13.5. The molecule has 0 saturated carbocycles. The second-order valence-corrected chi connectivity index (χ2v) is 3.98. The van der Waals surface area contributed by atoms with Gasteiger partial charge in [-0.1, -0.05) is 6.07 Å². The van der Waals surface area contributed by atoms with E-state index in [1.165, 1.54) is 18.2 Å². The molecule has 2 rings (SSSR count). The number of carbonyl (C=O) groups is 1. The predicted molar refractivity (Wildman–Crippen MR) is 60.8 cm³/mol. The number of benzene rings is 1. The van der Waals surface area contributed by atoms with Crippen molar-refractivity contribution in [1.29, 1.82) is 0 Å². The third kappa shape index (κ3) is 2.74. The van der Waals surface area contributed by atoms with Crippen molar-refractivity contribution in [2.45, 2.75) is 18.9 Å². The standard InChI is InChI=1S/C12H14FNO3/c13-10-5-1-4-9(12(15)16)11(10)14-7-8-3-2-6-17-8/h1,4-5,8,14H,2-3,6-7H2,(H,15,16). The fraction of sp³-hybridized carbons (Fsp3) is 0.417. The number of anilines is 1. The maximum Gasteiger partial charge on any atom is 0.337 e. The zero-order valence-electron chi connectivity index (χ0n) is 9.28. The van der Waals surface area contributed by atoms with Gasteiger partial charge in [0.05, 0.1) is 17.4 Å². The molecule has 1 saturated heterocycles. The molecule has 0 bridgehead atoms. The van der Waals surface area contributed by atoms with E-state index in [0.717, 1.165) is 19.4 Å². The van der Waals surface area contributed by atoms with E-state index >= 15 is 0 Å². The van der Waals surface area contributed by atoms with Crippen LogP contribution in [0.1, 0.15) is 23.2 Å². The number of hydrogen-bond donors (Lipinski definition) is 2. The molecular weight excluding hydrogens is 225 g/mol. The van der Waals surface area contributed by atoms with Crippen LogP contribution in [0.3, 0.4) is 0 Å². The Morgan fingerprint density at radius 1 is 1.59 bits per heavy atom. The second kappa shape index (κ2) is 5.14. The Morgan fingerprint density at radius 2 is 2.41 bits per heavy atom. The van der Waals surface area contributed by atoms with Crippen molar-refractivity contribution in [2.24, 2.45) is 0 Å². The molecule has 5 heteroatoms. The van der Waals surface area contributed by atoms with Crippen molar-refractivity contribution >= 4 is 11.7 Å². The number of carboxylic acids is 1. The number of nitrogens with one attached hydrogen (secondary N) is 1. The van der Waals surface area contributed by atoms with Crippen molar-refractivity contribution in [2.75, 3.05) is 18.5 Å². The molecule has 1 unspecified atom stereocenters. The van der Waals surface area contributed by atoms with Crippen LogP contribution in [-0.2, 0) is 4.74 Å². The molecule has 1 atom stereocenters. The Morgan fingerprint density at radius 3 is 3.06 bits per heavy atom. The lowest BCUT2D eigenvalue weighted by Crippen LogP contribution is -2.20. The molecule has 1 aromatic carbocycles. The van der Waals surface area contributed by atoms with Crippen molar-refractivity contribution in [3.63, 3.8) is 0 Å². The highest BCUT2D eigenvalue weighted by molar-refractivity contribution is 5.94. The smallest absolute Gasteiger partial charge is 0.337 e. The van der Waals surface area contributed by atoms with Crippen LogP contribution in [0.4, 0.5) is 10.1 Å². The highest BCUT2D eigenvalue weighted by Crippen LogP contribution is 2.21. The Kier molecular flexibility index (Phi) is 3.58. The molecule has 0 aliphatic carbocycles. The fourth-order valence-corrected chi connectivity index (χ4v) is 1.90. The van der Waals surface area contributed by atoms with Crippen molar-refractivity contribution in [3.05, 3.63) is 29.6 Å². The SMILES string of the molecule is O=C(O)c1cccc(F)c1NCC1CCCO1. The summed E-state index contributed by atoms with van der Waals surface area (Å²) in [5.41, 5.74) is -0.0153. The molecule has 1 aliphatic heterocycles. The molecule has 0 spiro atoms. The summed E-state index contributed by atoms with van der Waals surface area (Å²) in [7, 11) is 0. The van der Waals surface area contributed by atoms with Crippen LogP contribution in [0.2, 0.25) is 0 Å². The van der Waals surface area contributed by atoms with Crippen LogP contribution in [-0.4, -0.2) is 30.3 Å². The average Bonchev–Trinajstić information content (AvgIpc) is 2.80. The first-order valence-electron chi connectivity index (χ1n) is 5.56. The van der Waals surface area contributed by atoms with Crippen LogP contribution in [0.25, 0.3) is 0 Å². The molecule has 1 fully saturated rings. The summed E-state index contributed by atoms with van der Waals surface area (Å²) in [6.07, 6.45) is 1.95. The monoisotopic (exact) mass is 239 g/mol. The highest BCUT2D eigenvalue weighted by Gasteiger charge is 2.18. The van der Waals surface area contributed by atoms with E-state index in [4.69, 9.17) is 9.84 Å². The first-order chi connectivity index (χ1) is 8.18. The quantitative estimate of drug-likeness (QED) is 0.844. The minimum atomic E-state index is -1.14. The highest BCUT2D eigenvalue weighted by atomic mass is 19.1. The molecule has 92 valence electrons. The van der Waals surface area contributed by atoms with E-state index in [-0.39, 0.29) is 17.4 Å². The minimum absolute atomic E-state index is 0.0375. The molecular formula is C12H14FNO3. The number of carboxylic acid groups (broad SMARTS) is 1. The van der Waals surface area contributed by atoms with Crippen molar-refractivity contribution in [3.8, 4) is 0 Å². The Hall–Kier alpha value is -1.62. The van der Waals surface area contributed by atoms with Crippen LogP contribution in [0.5, 0.6) is 0 Å². The third-order valence-corrected chi connectivity index (χ3v) is 2.77. The maximum absolute atomic E-state index is 13.5. The van der Waals surface area contributed by atoms with Gasteiger partial charge in [-0.25, -0.2) is 9.18 Å². The summed E-state index contributed by atoms with van der Waals surface area (Å²) < 4.78 is 18.9. The summed E-state index contributed by atoms with van der Waals surface area (Å²) in [6, 6.07) is 4.00. The molecule has 0 amide bonds. The predicted octanol–water partition coefficient (Wildman–Crippen LogP) is 2.11. The number of aromatic carboxylic acids is 1. The molecule has 0 aromatic heterocycles. The number of para-hydroxylation sites is 1. The van der Waals surface area contributed by atoms with Gasteiger partial charge in [0.25, 0.3) is 0 Å². The number of hydrogen-bond acceptors (Lipinski definition) is 3. The normalized spacial score (nSPS) is 19.2. The van der Waals surface area contributed by atoms with Crippen molar-refractivity contribution in [1.82, 2.24) is 0 Å². The largest absolute Gasteiger partial charge is 0.478 e. The van der Waals surface area contributed by atoms with E-state index < -0.39 is 11.8 Å². The van der Waals surface area contributed by atoms with E-state index in [9.17, 15) is 9.18 Å². The van der Waals surface area contributed by atoms with E-state index in [2.05, 4.69) is 5.32 Å². The summed E-state index contributed by atoms with van der Waals surface area (Å²) in [5.74, 6) is -1.69. The fourth-order valence-electron chi connectivity index (χ4n) is 1.90. The minimum Gasteiger partial charge on any atom is -0.478 e. The van der Waals surface area contributed by atoms with Gasteiger partial charge < -0.3 is 15.2 Å². The average molecular weight is 239 g/mol. The zero-order chi connectivity index (χ0) is 12.3. The van der Waals surface area contributed by atoms with E-state index in [1.807, 2.05) is 0 Å². The van der Waals surface area contributed by atoms with Gasteiger partial charge in [-0.2, -0.15) is 0 Å². The number of ether oxygens (including phenoxy) is 1. The zero-order valence-corrected chi connectivity index (χ0v) is 9.28. The van der Waals surface area contributed by atoms with Gasteiger partial charge in [-0.15, -0.1) is 0 Å². The molecule has 1 aliphatic rings. The summed E-state index contributed by atoms with van der Waals surface area (Å²) >= 11 is 0. The summed E-state index contributed by atoms with van der Waals surface area (Å²) in [6.45, 7) is 1.15. The molecule has 4 nitrogen and oxygen atoms in total. The number of halogens is 1. The van der Waals surface area contributed by atoms with Gasteiger partial charge in [-0.3, -0.25) is 0 Å². The first kappa shape index (κ1) is 11.9. The first-order valence-corrected chi connectivity index (χ1v) is 5.56. The Labute approximate surface area is 98.4 Å². The third-order valence-electron chi connectivity index (χ3n) is 2.77. The van der Waals surface area contributed by atoms with Crippen LogP contribution in [0.15, 0.2) is 18.2 Å². The van der Waals surface area contributed by atoms with Gasteiger partial charge in [0.2, 0.25) is 0 Å². The summed E-state index contributed by atoms with van der Waals surface area (Å²) in [4.78, 5) is 10.9. The topological polar surface area (TPSA) is 58.6 Å². The van der Waals surface area contributed by atoms with Gasteiger partial charge >= 0.3 is 5.97 Å². The van der Waals surface area contributed by atoms with Crippen LogP contribution < -0.4 is 5.32 Å². The van der Waals surface area contributed by atoms with Gasteiger partial charge in [0, 0.05) is 13.2 Å². The molecule has 17 heavy (non-hydrogen) atoms. The van der Waals surface area contributed by atoms with Crippen molar-refractivity contribution < 1.29 is 19.0 Å². The van der Waals surface area contributed by atoms with E-state index in [1.54, 1.807) is 0 Å². The molecule has 1 aromatic rings. The second-order valence-electron chi connectivity index (χ2n) is 3.98. The van der Waals surface area contributed by atoms with Crippen LogP contribution >= 0.6 is 0 Å². The van der Waals surface area contributed by atoms with Gasteiger partial charge in [-0.05, 0) is 25.0 Å². The lowest BCUT2D eigenvalue weighted by Gasteiger charge is -2.14. The number of rotatable bonds is 4. The molecule has 0 radical (unpaired) electrons. The van der Waals surface area contributed by atoms with Gasteiger partial charge in [0.15, 0.2) is 0 Å². The molecule has 1 heterocycles. The lowest BCUT2D eigenvalue weighted by molar-refractivity contribution is 0.0697.